The Labute approximate surface area is 124 Å². The molecule has 2 fully saturated rings. The third-order valence-corrected chi connectivity index (χ3v) is 5.25. The van der Waals surface area contributed by atoms with E-state index in [9.17, 15) is 0 Å². The van der Waals surface area contributed by atoms with Crippen LogP contribution in [0.15, 0.2) is 4.52 Å². The number of hydrogen-bond acceptors (Lipinski definition) is 6. The van der Waals surface area contributed by atoms with Gasteiger partial charge in [0.2, 0.25) is 5.89 Å². The van der Waals surface area contributed by atoms with Crippen molar-refractivity contribution in [3.8, 4) is 0 Å². The Bertz CT molecular complexity index is 435. The first-order chi connectivity index (χ1) is 9.78. The molecule has 2 heterocycles. The van der Waals surface area contributed by atoms with E-state index in [2.05, 4.69) is 34.3 Å². The van der Waals surface area contributed by atoms with Gasteiger partial charge in [0, 0.05) is 30.5 Å². The number of thioether (sulfide) groups is 1. The van der Waals surface area contributed by atoms with Crippen molar-refractivity contribution in [2.75, 3.05) is 31.6 Å². The van der Waals surface area contributed by atoms with Gasteiger partial charge in [0.05, 0.1) is 6.04 Å². The Balaban J connectivity index is 1.63. The first-order valence-electron chi connectivity index (χ1n) is 7.61. The number of nitrogens with zero attached hydrogens (tertiary/aromatic N) is 3. The molecule has 3 rings (SSSR count). The van der Waals surface area contributed by atoms with E-state index in [0.717, 1.165) is 42.9 Å². The van der Waals surface area contributed by atoms with E-state index in [0.29, 0.717) is 12.1 Å². The van der Waals surface area contributed by atoms with Crippen LogP contribution in [-0.4, -0.2) is 52.7 Å². The normalized spacial score (nSPS) is 25.8. The van der Waals surface area contributed by atoms with E-state index in [1.54, 1.807) is 0 Å². The van der Waals surface area contributed by atoms with Crippen molar-refractivity contribution in [3.63, 3.8) is 0 Å². The molecule has 20 heavy (non-hydrogen) atoms. The Morgan fingerprint density at radius 1 is 1.50 bits per heavy atom. The third kappa shape index (κ3) is 3.35. The summed E-state index contributed by atoms with van der Waals surface area (Å²) in [5, 5.41) is 7.76. The number of likely N-dealkylation sites (N-methyl/N-ethyl adjacent to an activating group) is 1. The predicted octanol–water partition coefficient (Wildman–Crippen LogP) is 1.72. The molecule has 1 saturated heterocycles. The van der Waals surface area contributed by atoms with Crippen LogP contribution in [0.4, 0.5) is 0 Å². The second kappa shape index (κ2) is 6.45. The summed E-state index contributed by atoms with van der Waals surface area (Å²) in [6.45, 7) is 4.26. The molecular formula is C14H24N4OS. The topological polar surface area (TPSA) is 54.2 Å². The monoisotopic (exact) mass is 296 g/mol. The van der Waals surface area contributed by atoms with Gasteiger partial charge in [0.1, 0.15) is 0 Å². The molecule has 1 saturated carbocycles. The minimum absolute atomic E-state index is 0.310. The highest BCUT2D eigenvalue weighted by Gasteiger charge is 2.32. The van der Waals surface area contributed by atoms with E-state index in [-0.39, 0.29) is 0 Å². The van der Waals surface area contributed by atoms with Gasteiger partial charge in [-0.25, -0.2) is 0 Å². The van der Waals surface area contributed by atoms with Crippen molar-refractivity contribution >= 4 is 11.8 Å². The SMILES string of the molecule is CCNC(Cc1nc(C2CSCCN2C)no1)C1CC1. The zero-order chi connectivity index (χ0) is 13.9. The fraction of sp³-hybridized carbons (Fsp3) is 0.857. The van der Waals surface area contributed by atoms with Gasteiger partial charge in [-0.15, -0.1) is 0 Å². The molecule has 5 nitrogen and oxygen atoms in total. The lowest BCUT2D eigenvalue weighted by Crippen LogP contribution is -2.34. The van der Waals surface area contributed by atoms with Gasteiger partial charge in [-0.2, -0.15) is 16.7 Å². The molecule has 1 N–H and O–H groups in total. The van der Waals surface area contributed by atoms with Crippen molar-refractivity contribution in [1.29, 1.82) is 0 Å². The van der Waals surface area contributed by atoms with Crippen LogP contribution in [0.5, 0.6) is 0 Å². The maximum atomic E-state index is 5.48. The molecule has 1 aliphatic carbocycles. The molecule has 2 unspecified atom stereocenters. The maximum absolute atomic E-state index is 5.48. The maximum Gasteiger partial charge on any atom is 0.228 e. The van der Waals surface area contributed by atoms with E-state index < -0.39 is 0 Å². The molecule has 6 heteroatoms. The Hall–Kier alpha value is -0.590. The van der Waals surface area contributed by atoms with Gasteiger partial charge in [0.15, 0.2) is 5.82 Å². The van der Waals surface area contributed by atoms with E-state index >= 15 is 0 Å². The molecule has 2 aliphatic rings. The molecule has 1 aromatic heterocycles. The highest BCUT2D eigenvalue weighted by atomic mass is 32.2. The van der Waals surface area contributed by atoms with Crippen molar-refractivity contribution in [3.05, 3.63) is 11.7 Å². The van der Waals surface area contributed by atoms with E-state index in [1.165, 1.54) is 18.6 Å². The Kier molecular flexibility index (Phi) is 4.63. The van der Waals surface area contributed by atoms with Gasteiger partial charge in [-0.05, 0) is 32.4 Å². The second-order valence-electron chi connectivity index (χ2n) is 5.82. The minimum atomic E-state index is 0.310. The van der Waals surface area contributed by atoms with Gasteiger partial charge in [0.25, 0.3) is 0 Å². The van der Waals surface area contributed by atoms with Crippen molar-refractivity contribution < 1.29 is 4.52 Å². The van der Waals surface area contributed by atoms with Gasteiger partial charge < -0.3 is 9.84 Å². The van der Waals surface area contributed by atoms with Gasteiger partial charge in [-0.3, -0.25) is 4.90 Å². The smallest absolute Gasteiger partial charge is 0.228 e. The molecule has 0 spiro atoms. The average Bonchev–Trinajstić information content (AvgIpc) is 3.20. The summed E-state index contributed by atoms with van der Waals surface area (Å²) >= 11 is 1.97. The first-order valence-corrected chi connectivity index (χ1v) is 8.77. The molecule has 0 radical (unpaired) electrons. The van der Waals surface area contributed by atoms with Crippen LogP contribution in [0.3, 0.4) is 0 Å². The summed E-state index contributed by atoms with van der Waals surface area (Å²) in [6.07, 6.45) is 3.54. The zero-order valence-corrected chi connectivity index (χ0v) is 13.2. The third-order valence-electron chi connectivity index (χ3n) is 4.23. The van der Waals surface area contributed by atoms with Crippen LogP contribution >= 0.6 is 11.8 Å². The number of nitrogens with one attached hydrogen (secondary N) is 1. The van der Waals surface area contributed by atoms with Gasteiger partial charge >= 0.3 is 0 Å². The highest BCUT2D eigenvalue weighted by Crippen LogP contribution is 2.34. The highest BCUT2D eigenvalue weighted by molar-refractivity contribution is 7.99. The van der Waals surface area contributed by atoms with Crippen LogP contribution in [-0.2, 0) is 6.42 Å². The minimum Gasteiger partial charge on any atom is -0.339 e. The van der Waals surface area contributed by atoms with E-state index in [4.69, 9.17) is 4.52 Å². The van der Waals surface area contributed by atoms with Crippen LogP contribution in [0, 0.1) is 5.92 Å². The Morgan fingerprint density at radius 3 is 3.05 bits per heavy atom. The Morgan fingerprint density at radius 2 is 2.35 bits per heavy atom. The fourth-order valence-corrected chi connectivity index (χ4v) is 4.01. The van der Waals surface area contributed by atoms with Crippen LogP contribution in [0.25, 0.3) is 0 Å². The molecular weight excluding hydrogens is 272 g/mol. The first kappa shape index (κ1) is 14.4. The lowest BCUT2D eigenvalue weighted by molar-refractivity contribution is 0.256. The summed E-state index contributed by atoms with van der Waals surface area (Å²) in [4.78, 5) is 6.97. The second-order valence-corrected chi connectivity index (χ2v) is 6.97. The predicted molar refractivity (Wildman–Crippen MR) is 80.9 cm³/mol. The number of aromatic nitrogens is 2. The van der Waals surface area contributed by atoms with Crippen LogP contribution in [0.2, 0.25) is 0 Å². The summed E-state index contributed by atoms with van der Waals surface area (Å²) in [6, 6.07) is 0.816. The summed E-state index contributed by atoms with van der Waals surface area (Å²) in [7, 11) is 2.14. The molecule has 0 aromatic carbocycles. The molecule has 1 aliphatic heterocycles. The number of rotatable bonds is 6. The largest absolute Gasteiger partial charge is 0.339 e. The average molecular weight is 296 g/mol. The lowest BCUT2D eigenvalue weighted by Gasteiger charge is -2.29. The van der Waals surface area contributed by atoms with Crippen molar-refractivity contribution in [1.82, 2.24) is 20.4 Å². The standard InChI is InChI=1S/C14H24N4OS/c1-3-15-11(10-4-5-10)8-13-16-14(17-19-13)12-9-20-7-6-18(12)2/h10-12,15H,3-9H2,1-2H3. The zero-order valence-electron chi connectivity index (χ0n) is 12.3. The quantitative estimate of drug-likeness (QED) is 0.862. The van der Waals surface area contributed by atoms with E-state index in [1.807, 2.05) is 11.8 Å². The van der Waals surface area contributed by atoms with Gasteiger partial charge in [-0.1, -0.05) is 12.1 Å². The fourth-order valence-electron chi connectivity index (χ4n) is 2.80. The molecule has 0 bridgehead atoms. The van der Waals surface area contributed by atoms with Crippen molar-refractivity contribution in [2.45, 2.75) is 38.3 Å². The molecule has 2 atom stereocenters. The molecule has 0 amide bonds. The summed E-state index contributed by atoms with van der Waals surface area (Å²) in [5.41, 5.74) is 0. The summed E-state index contributed by atoms with van der Waals surface area (Å²) in [5.74, 6) is 4.72. The number of hydrogen-bond donors (Lipinski definition) is 1. The summed E-state index contributed by atoms with van der Waals surface area (Å²) < 4.78 is 5.48. The van der Waals surface area contributed by atoms with Crippen LogP contribution in [0.1, 0.15) is 37.5 Å². The molecule has 112 valence electrons. The lowest BCUT2D eigenvalue weighted by atomic mass is 10.1. The van der Waals surface area contributed by atoms with Crippen molar-refractivity contribution in [2.24, 2.45) is 5.92 Å². The molecule has 1 aromatic rings. The van der Waals surface area contributed by atoms with Crippen LogP contribution < -0.4 is 5.32 Å².